The summed E-state index contributed by atoms with van der Waals surface area (Å²) >= 11 is 0. The zero-order valence-corrected chi connectivity index (χ0v) is 15.1. The van der Waals surface area contributed by atoms with Crippen molar-refractivity contribution in [3.8, 4) is 11.8 Å². The Morgan fingerprint density at radius 1 is 1.21 bits per heavy atom. The largest absolute Gasteiger partial charge is 0.406 e. The van der Waals surface area contributed by atoms with E-state index in [0.717, 1.165) is 23.7 Å². The van der Waals surface area contributed by atoms with E-state index in [1.807, 2.05) is 0 Å². The number of halogens is 3. The van der Waals surface area contributed by atoms with Crippen LogP contribution >= 0.6 is 0 Å². The van der Waals surface area contributed by atoms with Gasteiger partial charge >= 0.3 is 6.18 Å². The van der Waals surface area contributed by atoms with Crippen LogP contribution in [0.15, 0.2) is 36.8 Å². The molecule has 0 bridgehead atoms. The first kappa shape index (κ1) is 18.8. The van der Waals surface area contributed by atoms with Gasteiger partial charge in [0.1, 0.15) is 24.3 Å². The van der Waals surface area contributed by atoms with Crippen LogP contribution in [0.1, 0.15) is 34.3 Å². The third kappa shape index (κ3) is 4.32. The summed E-state index contributed by atoms with van der Waals surface area (Å²) in [6.07, 6.45) is -0.0117. The summed E-state index contributed by atoms with van der Waals surface area (Å²) in [5.41, 5.74) is 7.36. The maximum atomic E-state index is 12.9. The van der Waals surface area contributed by atoms with Gasteiger partial charge in [0.25, 0.3) is 5.91 Å². The second-order valence-corrected chi connectivity index (χ2v) is 6.82. The van der Waals surface area contributed by atoms with Gasteiger partial charge in [0.2, 0.25) is 0 Å². The highest BCUT2D eigenvalue weighted by Crippen LogP contribution is 2.27. The number of amides is 1. The Morgan fingerprint density at radius 2 is 1.93 bits per heavy atom. The Balaban J connectivity index is 1.63. The SMILES string of the molecule is Nc1ncnc2c1c(C#Cc1ccc(C(=O)NC3CC3)cc1)cn2CC(F)(F)F. The van der Waals surface area contributed by atoms with Crippen LogP contribution < -0.4 is 11.1 Å². The second-order valence-electron chi connectivity index (χ2n) is 6.82. The lowest BCUT2D eigenvalue weighted by atomic mass is 10.1. The monoisotopic (exact) mass is 399 g/mol. The van der Waals surface area contributed by atoms with Gasteiger partial charge in [-0.05, 0) is 37.1 Å². The summed E-state index contributed by atoms with van der Waals surface area (Å²) in [5, 5.41) is 3.18. The van der Waals surface area contributed by atoms with Gasteiger partial charge in [0.15, 0.2) is 0 Å². The molecule has 1 amide bonds. The number of aromatic nitrogens is 3. The molecule has 2 heterocycles. The Bertz CT molecular complexity index is 1140. The molecule has 1 fully saturated rings. The van der Waals surface area contributed by atoms with Crippen molar-refractivity contribution in [2.24, 2.45) is 0 Å². The van der Waals surface area contributed by atoms with Gasteiger partial charge in [-0.25, -0.2) is 9.97 Å². The van der Waals surface area contributed by atoms with Crippen LogP contribution in [0, 0.1) is 11.8 Å². The highest BCUT2D eigenvalue weighted by molar-refractivity contribution is 5.95. The molecule has 0 unspecified atom stereocenters. The molecule has 1 saturated carbocycles. The van der Waals surface area contributed by atoms with E-state index in [1.165, 1.54) is 6.20 Å². The maximum absolute atomic E-state index is 12.9. The molecule has 0 atom stereocenters. The lowest BCUT2D eigenvalue weighted by Crippen LogP contribution is -2.25. The van der Waals surface area contributed by atoms with Gasteiger partial charge in [0, 0.05) is 23.4 Å². The number of rotatable bonds is 3. The Kier molecular flexibility index (Phi) is 4.62. The van der Waals surface area contributed by atoms with Crippen LogP contribution in [0.25, 0.3) is 11.0 Å². The van der Waals surface area contributed by atoms with Crippen molar-refractivity contribution >= 4 is 22.8 Å². The summed E-state index contributed by atoms with van der Waals surface area (Å²) in [5.74, 6) is 5.66. The molecule has 1 aromatic carbocycles. The van der Waals surface area contributed by atoms with E-state index < -0.39 is 12.7 Å². The number of carbonyl (C=O) groups excluding carboxylic acids is 1. The zero-order chi connectivity index (χ0) is 20.6. The zero-order valence-electron chi connectivity index (χ0n) is 15.1. The number of nitrogen functional groups attached to an aromatic ring is 1. The summed E-state index contributed by atoms with van der Waals surface area (Å²) < 4.78 is 39.5. The average molecular weight is 399 g/mol. The number of benzene rings is 1. The molecule has 3 N–H and O–H groups in total. The van der Waals surface area contributed by atoms with Gasteiger partial charge in [-0.15, -0.1) is 0 Å². The smallest absolute Gasteiger partial charge is 0.383 e. The normalized spacial score (nSPS) is 13.8. The van der Waals surface area contributed by atoms with Gasteiger partial charge in [0.05, 0.1) is 10.9 Å². The molecule has 2 aromatic heterocycles. The number of anilines is 1. The summed E-state index contributed by atoms with van der Waals surface area (Å²) in [7, 11) is 0. The van der Waals surface area contributed by atoms with Crippen molar-refractivity contribution < 1.29 is 18.0 Å². The maximum Gasteiger partial charge on any atom is 0.406 e. The van der Waals surface area contributed by atoms with Crippen molar-refractivity contribution in [2.45, 2.75) is 31.6 Å². The van der Waals surface area contributed by atoms with Crippen molar-refractivity contribution in [1.82, 2.24) is 19.9 Å². The summed E-state index contributed by atoms with van der Waals surface area (Å²) in [4.78, 5) is 19.8. The van der Waals surface area contributed by atoms with Crippen LogP contribution in [-0.4, -0.2) is 32.7 Å². The van der Waals surface area contributed by atoms with E-state index in [4.69, 9.17) is 5.73 Å². The minimum absolute atomic E-state index is 0.0623. The quantitative estimate of drug-likeness (QED) is 0.664. The standard InChI is InChI=1S/C20H16F3N5O/c21-20(22,23)10-28-9-14(16-17(24)25-11-26-18(16)28)6-3-12-1-4-13(5-2-12)19(29)27-15-7-8-15/h1-2,4-5,9,11,15H,7-8,10H2,(H,27,29)(H2,24,25,26). The Labute approximate surface area is 163 Å². The molecule has 4 rings (SSSR count). The number of nitrogens with two attached hydrogens (primary N) is 1. The predicted molar refractivity (Wildman–Crippen MR) is 101 cm³/mol. The topological polar surface area (TPSA) is 85.8 Å². The van der Waals surface area contributed by atoms with Crippen LogP contribution in [0.5, 0.6) is 0 Å². The Morgan fingerprint density at radius 3 is 2.59 bits per heavy atom. The van der Waals surface area contributed by atoms with Crippen LogP contribution in [-0.2, 0) is 6.54 Å². The first-order valence-electron chi connectivity index (χ1n) is 8.89. The lowest BCUT2D eigenvalue weighted by Gasteiger charge is -2.07. The van der Waals surface area contributed by atoms with Crippen molar-refractivity contribution in [3.05, 3.63) is 53.5 Å². The molecule has 148 valence electrons. The number of nitrogens with one attached hydrogen (secondary N) is 1. The lowest BCUT2D eigenvalue weighted by molar-refractivity contribution is -0.139. The molecule has 29 heavy (non-hydrogen) atoms. The molecule has 3 aromatic rings. The number of fused-ring (bicyclic) bond motifs is 1. The molecule has 0 saturated heterocycles. The molecule has 1 aliphatic rings. The van der Waals surface area contributed by atoms with Crippen LogP contribution in [0.2, 0.25) is 0 Å². The van der Waals surface area contributed by atoms with E-state index in [0.29, 0.717) is 16.7 Å². The molecular formula is C20H16F3N5O. The third-order valence-corrected chi connectivity index (χ3v) is 4.43. The van der Waals surface area contributed by atoms with E-state index in [1.54, 1.807) is 24.3 Å². The number of hydrogen-bond donors (Lipinski definition) is 2. The fourth-order valence-corrected chi connectivity index (χ4v) is 2.90. The van der Waals surface area contributed by atoms with Crippen LogP contribution in [0.4, 0.5) is 19.0 Å². The minimum atomic E-state index is -4.41. The summed E-state index contributed by atoms with van der Waals surface area (Å²) in [6.45, 7) is -1.20. The molecule has 9 heteroatoms. The molecule has 1 aliphatic carbocycles. The fraction of sp³-hybridized carbons (Fsp3) is 0.250. The van der Waals surface area contributed by atoms with E-state index in [-0.39, 0.29) is 28.8 Å². The van der Waals surface area contributed by atoms with E-state index >= 15 is 0 Å². The number of alkyl halides is 3. The number of hydrogen-bond acceptors (Lipinski definition) is 4. The van der Waals surface area contributed by atoms with Crippen molar-refractivity contribution in [1.29, 1.82) is 0 Å². The summed E-state index contributed by atoms with van der Waals surface area (Å²) in [6, 6.07) is 6.95. The van der Waals surface area contributed by atoms with Crippen molar-refractivity contribution in [2.75, 3.05) is 5.73 Å². The number of carbonyl (C=O) groups is 1. The first-order valence-corrected chi connectivity index (χ1v) is 8.89. The van der Waals surface area contributed by atoms with Gasteiger partial charge < -0.3 is 15.6 Å². The predicted octanol–water partition coefficient (Wildman–Crippen LogP) is 2.87. The van der Waals surface area contributed by atoms with Gasteiger partial charge in [-0.3, -0.25) is 4.79 Å². The molecule has 0 radical (unpaired) electrons. The minimum Gasteiger partial charge on any atom is -0.383 e. The van der Waals surface area contributed by atoms with E-state index in [9.17, 15) is 18.0 Å². The fourth-order valence-electron chi connectivity index (χ4n) is 2.90. The molecular weight excluding hydrogens is 383 g/mol. The van der Waals surface area contributed by atoms with E-state index in [2.05, 4.69) is 27.1 Å². The van der Waals surface area contributed by atoms with Gasteiger partial charge in [-0.2, -0.15) is 13.2 Å². The van der Waals surface area contributed by atoms with Crippen LogP contribution in [0.3, 0.4) is 0 Å². The van der Waals surface area contributed by atoms with Crippen molar-refractivity contribution in [3.63, 3.8) is 0 Å². The number of nitrogens with zero attached hydrogens (tertiary/aromatic N) is 3. The molecule has 0 aliphatic heterocycles. The highest BCUT2D eigenvalue weighted by Gasteiger charge is 2.29. The Hall–Kier alpha value is -3.54. The highest BCUT2D eigenvalue weighted by atomic mass is 19.4. The molecule has 6 nitrogen and oxygen atoms in total. The van der Waals surface area contributed by atoms with Gasteiger partial charge in [-0.1, -0.05) is 11.8 Å². The second kappa shape index (κ2) is 7.13. The third-order valence-electron chi connectivity index (χ3n) is 4.43. The average Bonchev–Trinajstić information content (AvgIpc) is 3.41. The molecule has 0 spiro atoms. The first-order chi connectivity index (χ1) is 13.8.